The molecule has 2 heterocycles. The van der Waals surface area contributed by atoms with Gasteiger partial charge in [0, 0.05) is 35.2 Å². The molecule has 10 heteroatoms. The van der Waals surface area contributed by atoms with Crippen LogP contribution >= 0.6 is 11.8 Å². The monoisotopic (exact) mass is 591 g/mol. The van der Waals surface area contributed by atoms with Crippen LogP contribution in [0.4, 0.5) is 11.5 Å². The van der Waals surface area contributed by atoms with Gasteiger partial charge in [-0.05, 0) is 48.0 Å². The molecule has 0 atom stereocenters. The molecule has 5 rings (SSSR count). The zero-order valence-electron chi connectivity index (χ0n) is 22.3. The maximum atomic E-state index is 12.7. The highest BCUT2D eigenvalue weighted by molar-refractivity contribution is 7.99. The first-order chi connectivity index (χ1) is 20.4. The Morgan fingerprint density at radius 2 is 1.52 bits per heavy atom. The lowest BCUT2D eigenvalue weighted by Gasteiger charge is -2.13. The smallest absolute Gasteiger partial charge is 0.263 e. The van der Waals surface area contributed by atoms with E-state index in [-0.39, 0.29) is 23.0 Å². The van der Waals surface area contributed by atoms with Gasteiger partial charge in [-0.25, -0.2) is 18.4 Å². The number of sulfonamides is 1. The second kappa shape index (κ2) is 13.1. The second-order valence-corrected chi connectivity index (χ2v) is 11.8. The Balaban J connectivity index is 1.26. The van der Waals surface area contributed by atoms with Gasteiger partial charge in [-0.15, -0.1) is 11.8 Å². The van der Waals surface area contributed by atoms with Crippen LogP contribution in [0, 0.1) is 11.3 Å². The van der Waals surface area contributed by atoms with Crippen molar-refractivity contribution in [2.45, 2.75) is 16.3 Å². The van der Waals surface area contributed by atoms with Crippen molar-refractivity contribution in [2.75, 3.05) is 15.8 Å². The lowest BCUT2D eigenvalue weighted by atomic mass is 9.99. The lowest BCUT2D eigenvalue weighted by molar-refractivity contribution is -0.115. The van der Waals surface area contributed by atoms with Gasteiger partial charge in [0.2, 0.25) is 5.91 Å². The minimum Gasteiger partial charge on any atom is -0.326 e. The van der Waals surface area contributed by atoms with Gasteiger partial charge >= 0.3 is 0 Å². The number of nitrogens with zero attached hydrogens (tertiary/aromatic N) is 3. The normalized spacial score (nSPS) is 10.9. The molecule has 2 aromatic heterocycles. The molecule has 0 aliphatic rings. The Hall–Kier alpha value is -4.98. The quantitative estimate of drug-likeness (QED) is 0.175. The van der Waals surface area contributed by atoms with E-state index in [0.29, 0.717) is 22.0 Å². The first-order valence-electron chi connectivity index (χ1n) is 13.0. The summed E-state index contributed by atoms with van der Waals surface area (Å²) >= 11 is 1.35. The average Bonchev–Trinajstić information content (AvgIpc) is 3.02. The molecule has 8 nitrogen and oxygen atoms in total. The number of aromatic nitrogens is 2. The molecule has 0 saturated heterocycles. The minimum absolute atomic E-state index is 0.0457. The van der Waals surface area contributed by atoms with Crippen LogP contribution in [0.5, 0.6) is 0 Å². The number of anilines is 2. The Kier molecular flexibility index (Phi) is 8.92. The maximum Gasteiger partial charge on any atom is 0.263 e. The molecule has 1 amide bonds. The lowest BCUT2D eigenvalue weighted by Crippen LogP contribution is -2.15. The van der Waals surface area contributed by atoms with Crippen LogP contribution < -0.4 is 10.0 Å². The Morgan fingerprint density at radius 3 is 2.17 bits per heavy atom. The number of hydrogen-bond donors (Lipinski definition) is 2. The third-order valence-corrected chi connectivity index (χ3v) is 8.52. The van der Waals surface area contributed by atoms with Crippen LogP contribution in [0.15, 0.2) is 125 Å². The van der Waals surface area contributed by atoms with E-state index in [0.717, 1.165) is 22.4 Å². The number of amides is 1. The number of carbonyl (C=O) groups excluding carboxylic acids is 1. The summed E-state index contributed by atoms with van der Waals surface area (Å²) in [6.07, 6.45) is 1.66. The molecule has 208 valence electrons. The van der Waals surface area contributed by atoms with Gasteiger partial charge in [0.15, 0.2) is 0 Å². The number of nitriles is 1. The van der Waals surface area contributed by atoms with E-state index in [4.69, 9.17) is 4.98 Å². The van der Waals surface area contributed by atoms with Gasteiger partial charge in [0.1, 0.15) is 16.9 Å². The number of thioether (sulfide) groups is 1. The number of benzene rings is 3. The van der Waals surface area contributed by atoms with E-state index in [1.807, 2.05) is 66.7 Å². The van der Waals surface area contributed by atoms with Gasteiger partial charge in [-0.2, -0.15) is 5.26 Å². The molecular weight excluding hydrogens is 567 g/mol. The van der Waals surface area contributed by atoms with Crippen LogP contribution in [0.3, 0.4) is 0 Å². The van der Waals surface area contributed by atoms with Gasteiger partial charge in [-0.3, -0.25) is 9.52 Å². The third-order valence-electron chi connectivity index (χ3n) is 6.17. The minimum atomic E-state index is -3.82. The van der Waals surface area contributed by atoms with Crippen molar-refractivity contribution in [1.82, 2.24) is 9.97 Å². The van der Waals surface area contributed by atoms with Gasteiger partial charge in [-0.1, -0.05) is 66.7 Å². The van der Waals surface area contributed by atoms with Crippen LogP contribution in [0.2, 0.25) is 0 Å². The summed E-state index contributed by atoms with van der Waals surface area (Å²) < 4.78 is 27.7. The van der Waals surface area contributed by atoms with Crippen molar-refractivity contribution >= 4 is 39.2 Å². The molecule has 3 aromatic carbocycles. The molecular formula is C32H25N5O3S2. The molecule has 0 aliphatic heterocycles. The fraction of sp³-hybridized carbons (Fsp3) is 0.0625. The Bertz CT molecular complexity index is 1830. The number of rotatable bonds is 10. The summed E-state index contributed by atoms with van der Waals surface area (Å²) in [5.41, 5.74) is 4.30. The molecule has 42 heavy (non-hydrogen) atoms. The van der Waals surface area contributed by atoms with E-state index in [1.54, 1.807) is 18.2 Å². The number of nitrogens with one attached hydrogen (secondary N) is 2. The number of hydrogen-bond acceptors (Lipinski definition) is 7. The van der Waals surface area contributed by atoms with E-state index in [1.165, 1.54) is 42.2 Å². The van der Waals surface area contributed by atoms with Crippen molar-refractivity contribution in [3.05, 3.63) is 121 Å². The summed E-state index contributed by atoms with van der Waals surface area (Å²) in [6, 6.07) is 34.5. The van der Waals surface area contributed by atoms with Crippen molar-refractivity contribution in [3.8, 4) is 28.5 Å². The Morgan fingerprint density at radius 1 is 0.857 bits per heavy atom. The van der Waals surface area contributed by atoms with Crippen molar-refractivity contribution < 1.29 is 13.2 Å². The third kappa shape index (κ3) is 7.01. The molecule has 0 aliphatic carbocycles. The van der Waals surface area contributed by atoms with Gasteiger partial charge in [0.05, 0.1) is 16.2 Å². The standard InChI is InChI=1S/C32H25N5O3S2/c33-22-28-27(23-9-3-1-4-10-23)21-29(24-11-5-2-6-12-24)36-32(28)41-20-18-31(38)35-25-14-16-26(17-15-25)42(39,40)37-30-13-7-8-19-34-30/h1-17,19,21H,18,20H2,(H,34,37)(H,35,38). The largest absolute Gasteiger partial charge is 0.326 e. The fourth-order valence-electron chi connectivity index (χ4n) is 4.14. The van der Waals surface area contributed by atoms with Gasteiger partial charge < -0.3 is 5.32 Å². The molecule has 0 spiro atoms. The van der Waals surface area contributed by atoms with Crippen LogP contribution in [-0.4, -0.2) is 30.0 Å². The maximum absolute atomic E-state index is 12.7. The highest BCUT2D eigenvalue weighted by Gasteiger charge is 2.17. The predicted molar refractivity (Wildman–Crippen MR) is 165 cm³/mol. The summed E-state index contributed by atoms with van der Waals surface area (Å²) in [7, 11) is -3.82. The van der Waals surface area contributed by atoms with E-state index < -0.39 is 10.0 Å². The summed E-state index contributed by atoms with van der Waals surface area (Å²) in [4.78, 5) is 21.5. The van der Waals surface area contributed by atoms with Gasteiger partial charge in [0.25, 0.3) is 10.0 Å². The fourth-order valence-corrected chi connectivity index (χ4v) is 6.09. The molecule has 0 bridgehead atoms. The highest BCUT2D eigenvalue weighted by Crippen LogP contribution is 2.34. The topological polar surface area (TPSA) is 125 Å². The SMILES string of the molecule is N#Cc1c(-c2ccccc2)cc(-c2ccccc2)nc1SCCC(=O)Nc1ccc(S(=O)(=O)Nc2ccccn2)cc1. The van der Waals surface area contributed by atoms with Crippen molar-refractivity contribution in [3.63, 3.8) is 0 Å². The zero-order chi connectivity index (χ0) is 29.4. The Labute approximate surface area is 248 Å². The summed E-state index contributed by atoms with van der Waals surface area (Å²) in [6.45, 7) is 0. The van der Waals surface area contributed by atoms with E-state index in [2.05, 4.69) is 21.1 Å². The van der Waals surface area contributed by atoms with Crippen molar-refractivity contribution in [1.29, 1.82) is 5.26 Å². The van der Waals surface area contributed by atoms with Crippen LogP contribution in [-0.2, 0) is 14.8 Å². The molecule has 5 aromatic rings. The molecule has 0 saturated carbocycles. The van der Waals surface area contributed by atoms with E-state index in [9.17, 15) is 18.5 Å². The van der Waals surface area contributed by atoms with Crippen LogP contribution in [0.25, 0.3) is 22.4 Å². The molecule has 0 radical (unpaired) electrons. The first-order valence-corrected chi connectivity index (χ1v) is 15.4. The summed E-state index contributed by atoms with van der Waals surface area (Å²) in [5.74, 6) is 0.359. The summed E-state index contributed by atoms with van der Waals surface area (Å²) in [5, 5.41) is 13.4. The zero-order valence-corrected chi connectivity index (χ0v) is 23.9. The second-order valence-electron chi connectivity index (χ2n) is 9.07. The molecule has 2 N–H and O–H groups in total. The number of carbonyl (C=O) groups is 1. The highest BCUT2D eigenvalue weighted by atomic mass is 32.2. The average molecular weight is 592 g/mol. The van der Waals surface area contributed by atoms with Crippen molar-refractivity contribution in [2.24, 2.45) is 0 Å². The van der Waals surface area contributed by atoms with E-state index >= 15 is 0 Å². The predicted octanol–water partition coefficient (Wildman–Crippen LogP) is 6.60. The van der Waals surface area contributed by atoms with Crippen LogP contribution in [0.1, 0.15) is 12.0 Å². The molecule has 0 unspecified atom stereocenters. The molecule has 0 fully saturated rings. The first kappa shape index (κ1) is 28.5. The number of pyridine rings is 2.